The second-order valence-electron chi connectivity index (χ2n) is 9.70. The van der Waals surface area contributed by atoms with Gasteiger partial charge in [-0.15, -0.1) is 0 Å². The van der Waals surface area contributed by atoms with Crippen molar-refractivity contribution in [2.24, 2.45) is 0 Å². The average molecular weight is 586 g/mol. The highest BCUT2D eigenvalue weighted by atomic mass is 19.1. The lowest BCUT2D eigenvalue weighted by Crippen LogP contribution is -2.32. The van der Waals surface area contributed by atoms with Gasteiger partial charge in [0.25, 0.3) is 11.4 Å². The fourth-order valence-corrected chi connectivity index (χ4v) is 4.51. The maximum atomic E-state index is 14.4. The van der Waals surface area contributed by atoms with Gasteiger partial charge >= 0.3 is 5.97 Å². The van der Waals surface area contributed by atoms with Gasteiger partial charge in [-0.2, -0.15) is 14.6 Å². The van der Waals surface area contributed by atoms with E-state index in [2.05, 4.69) is 19.9 Å². The number of benzene rings is 1. The minimum atomic E-state index is -1.17. The molecule has 0 spiro atoms. The number of aromatic nitrogens is 6. The first-order valence-electron chi connectivity index (χ1n) is 13.0. The largest absolute Gasteiger partial charge is 0.477 e. The number of nitriles is 1. The van der Waals surface area contributed by atoms with Crippen LogP contribution in [0.2, 0.25) is 0 Å². The summed E-state index contributed by atoms with van der Waals surface area (Å²) in [6, 6.07) is 11.4. The van der Waals surface area contributed by atoms with Gasteiger partial charge in [-0.3, -0.25) is 4.79 Å². The zero-order valence-corrected chi connectivity index (χ0v) is 22.3. The molecule has 1 saturated heterocycles. The molecular formula is C29H21F2N7O5. The summed E-state index contributed by atoms with van der Waals surface area (Å²) >= 11 is 0. The van der Waals surface area contributed by atoms with Crippen molar-refractivity contribution in [3.8, 4) is 23.3 Å². The van der Waals surface area contributed by atoms with Crippen molar-refractivity contribution >= 4 is 17.1 Å². The van der Waals surface area contributed by atoms with Crippen molar-refractivity contribution in [1.29, 1.82) is 5.26 Å². The summed E-state index contributed by atoms with van der Waals surface area (Å²) in [7, 11) is 0. The molecule has 6 rings (SSSR count). The SMILES string of the molecule is N#Cc1ccc(COc2nc(-c3ccn(Cc4nc5ccc(C(=O)O)nc5n4C[C@@H]4CCO4)c(=O)c3)ncc2F)c(F)c1. The van der Waals surface area contributed by atoms with Crippen molar-refractivity contribution in [3.05, 3.63) is 99.5 Å². The quantitative estimate of drug-likeness (QED) is 0.272. The van der Waals surface area contributed by atoms with Gasteiger partial charge in [0.05, 0.1) is 37.0 Å². The normalized spacial score (nSPS) is 14.3. The van der Waals surface area contributed by atoms with E-state index in [1.165, 1.54) is 35.0 Å². The highest BCUT2D eigenvalue weighted by Crippen LogP contribution is 2.23. The van der Waals surface area contributed by atoms with Crippen LogP contribution in [0, 0.1) is 23.0 Å². The molecule has 0 bridgehead atoms. The van der Waals surface area contributed by atoms with E-state index in [1.807, 2.05) is 6.07 Å². The minimum absolute atomic E-state index is 0.0146. The standard InChI is InChI=1S/C29H21F2N7O5/c30-20-9-16(11-32)1-2-18(20)15-43-28-21(31)12-33-26(36-28)17-5-7-37(25(39)10-17)14-24-34-22-3-4-23(29(40)41)35-27(22)38(24)13-19-6-8-42-19/h1-5,7,9-10,12,19H,6,8,13-15H2,(H,40,41)/t19-/m0/s1. The topological polar surface area (TPSA) is 158 Å². The average Bonchev–Trinajstić information content (AvgIpc) is 3.31. The van der Waals surface area contributed by atoms with Gasteiger partial charge in [0.2, 0.25) is 5.82 Å². The van der Waals surface area contributed by atoms with E-state index in [4.69, 9.17) is 14.7 Å². The monoisotopic (exact) mass is 585 g/mol. The molecule has 1 atom stereocenters. The number of ether oxygens (including phenoxy) is 2. The van der Waals surface area contributed by atoms with Crippen molar-refractivity contribution in [3.63, 3.8) is 0 Å². The highest BCUT2D eigenvalue weighted by molar-refractivity contribution is 5.88. The second-order valence-corrected chi connectivity index (χ2v) is 9.70. The van der Waals surface area contributed by atoms with Crippen LogP contribution in [0.1, 0.15) is 33.9 Å². The third-order valence-electron chi connectivity index (χ3n) is 6.89. The Morgan fingerprint density at radius 2 is 1.98 bits per heavy atom. The lowest BCUT2D eigenvalue weighted by molar-refractivity contribution is -0.0591. The van der Waals surface area contributed by atoms with Gasteiger partial charge in [0.15, 0.2) is 17.2 Å². The number of aromatic carboxylic acids is 1. The van der Waals surface area contributed by atoms with E-state index >= 15 is 0 Å². The highest BCUT2D eigenvalue weighted by Gasteiger charge is 2.23. The van der Waals surface area contributed by atoms with Crippen LogP contribution in [0.5, 0.6) is 5.88 Å². The van der Waals surface area contributed by atoms with Gasteiger partial charge in [0, 0.05) is 30.0 Å². The number of hydrogen-bond donors (Lipinski definition) is 1. The van der Waals surface area contributed by atoms with Crippen molar-refractivity contribution in [2.45, 2.75) is 32.2 Å². The molecule has 0 amide bonds. The van der Waals surface area contributed by atoms with Gasteiger partial charge < -0.3 is 23.7 Å². The number of carboxylic acid groups (broad SMARTS) is 1. The fourth-order valence-electron chi connectivity index (χ4n) is 4.51. The molecule has 1 aliphatic heterocycles. The van der Waals surface area contributed by atoms with E-state index in [9.17, 15) is 23.5 Å². The predicted molar refractivity (Wildman–Crippen MR) is 145 cm³/mol. The molecule has 1 N–H and O–H groups in total. The molecule has 1 aromatic carbocycles. The number of rotatable bonds is 9. The molecule has 0 radical (unpaired) electrons. The zero-order valence-electron chi connectivity index (χ0n) is 22.3. The molecule has 0 aliphatic carbocycles. The lowest BCUT2D eigenvalue weighted by atomic mass is 10.1. The summed E-state index contributed by atoms with van der Waals surface area (Å²) in [5, 5.41) is 18.3. The summed E-state index contributed by atoms with van der Waals surface area (Å²) in [6.45, 7) is 0.737. The number of hydrogen-bond acceptors (Lipinski definition) is 9. The third kappa shape index (κ3) is 5.66. The predicted octanol–water partition coefficient (Wildman–Crippen LogP) is 3.31. The molecule has 12 nitrogen and oxygen atoms in total. The second kappa shape index (κ2) is 11.4. The Morgan fingerprint density at radius 3 is 2.67 bits per heavy atom. The molecule has 4 aromatic heterocycles. The molecule has 0 saturated carbocycles. The van der Waals surface area contributed by atoms with Gasteiger partial charge in [-0.1, -0.05) is 6.07 Å². The van der Waals surface area contributed by atoms with Crippen LogP contribution in [0.4, 0.5) is 8.78 Å². The van der Waals surface area contributed by atoms with E-state index in [0.717, 1.165) is 18.7 Å². The molecule has 14 heteroatoms. The van der Waals surface area contributed by atoms with Crippen LogP contribution >= 0.6 is 0 Å². The number of carbonyl (C=O) groups is 1. The van der Waals surface area contributed by atoms with Gasteiger partial charge in [-0.25, -0.2) is 24.1 Å². The van der Waals surface area contributed by atoms with Crippen LogP contribution in [0.3, 0.4) is 0 Å². The van der Waals surface area contributed by atoms with Gasteiger partial charge in [-0.05, 0) is 36.8 Å². The molecule has 0 unspecified atom stereocenters. The van der Waals surface area contributed by atoms with Crippen molar-refractivity contribution in [2.75, 3.05) is 6.61 Å². The Balaban J connectivity index is 1.25. The molecular weight excluding hydrogens is 564 g/mol. The first-order valence-corrected chi connectivity index (χ1v) is 13.0. The minimum Gasteiger partial charge on any atom is -0.477 e. The summed E-state index contributed by atoms with van der Waals surface area (Å²) in [4.78, 5) is 41.5. The van der Waals surface area contributed by atoms with Gasteiger partial charge in [0.1, 0.15) is 23.8 Å². The number of carboxylic acids is 1. The smallest absolute Gasteiger partial charge is 0.354 e. The van der Waals surface area contributed by atoms with E-state index in [1.54, 1.807) is 16.7 Å². The summed E-state index contributed by atoms with van der Waals surface area (Å²) in [5.41, 5.74) is 0.844. The van der Waals surface area contributed by atoms with Crippen molar-refractivity contribution < 1.29 is 28.2 Å². The molecule has 1 aliphatic rings. The van der Waals surface area contributed by atoms with E-state index in [-0.39, 0.29) is 41.9 Å². The first-order chi connectivity index (χ1) is 20.8. The van der Waals surface area contributed by atoms with Crippen LogP contribution in [-0.4, -0.2) is 52.9 Å². The van der Waals surface area contributed by atoms with Crippen molar-refractivity contribution in [1.82, 2.24) is 29.1 Å². The Bertz CT molecular complexity index is 1980. The first kappa shape index (κ1) is 27.6. The summed E-state index contributed by atoms with van der Waals surface area (Å²) in [6.07, 6.45) is 3.15. The lowest BCUT2D eigenvalue weighted by Gasteiger charge is -2.27. The number of fused-ring (bicyclic) bond motifs is 1. The van der Waals surface area contributed by atoms with Crippen LogP contribution in [-0.2, 0) is 24.4 Å². The summed E-state index contributed by atoms with van der Waals surface area (Å²) in [5.74, 6) is -2.65. The van der Waals surface area contributed by atoms with Crippen LogP contribution < -0.4 is 10.3 Å². The van der Waals surface area contributed by atoms with Crippen LogP contribution in [0.25, 0.3) is 22.6 Å². The maximum absolute atomic E-state index is 14.4. The molecule has 43 heavy (non-hydrogen) atoms. The van der Waals surface area contributed by atoms with E-state index < -0.39 is 29.0 Å². The Labute approximate surface area is 241 Å². The zero-order chi connectivity index (χ0) is 30.1. The molecule has 1 fully saturated rings. The number of pyridine rings is 2. The Kier molecular flexibility index (Phi) is 7.31. The molecule has 216 valence electrons. The Hall–Kier alpha value is -5.55. The Morgan fingerprint density at radius 1 is 1.14 bits per heavy atom. The molecule has 5 heterocycles. The maximum Gasteiger partial charge on any atom is 0.354 e. The number of imidazole rings is 1. The number of halogens is 2. The van der Waals surface area contributed by atoms with Crippen LogP contribution in [0.15, 0.2) is 59.7 Å². The number of nitrogens with zero attached hydrogens (tertiary/aromatic N) is 7. The summed E-state index contributed by atoms with van der Waals surface area (Å²) < 4.78 is 42.7. The fraction of sp³-hybridized carbons (Fsp3) is 0.207. The van der Waals surface area contributed by atoms with E-state index in [0.29, 0.717) is 35.7 Å². The third-order valence-corrected chi connectivity index (χ3v) is 6.89. The molecule has 5 aromatic rings.